The fourth-order valence-electron chi connectivity index (χ4n) is 1.57. The minimum absolute atomic E-state index is 0.791. The van der Waals surface area contributed by atoms with E-state index in [1.807, 2.05) is 37.2 Å². The summed E-state index contributed by atoms with van der Waals surface area (Å²) in [6.07, 6.45) is 1.56. The summed E-state index contributed by atoms with van der Waals surface area (Å²) >= 11 is 3.45. The molecular formula is C13H15BrN4. The molecule has 0 saturated carbocycles. The third-order valence-corrected chi connectivity index (χ3v) is 3.06. The number of nitrogens with one attached hydrogen (secondary N) is 1. The maximum Gasteiger partial charge on any atom is 0.135 e. The number of anilines is 3. The Morgan fingerprint density at radius 1 is 1.17 bits per heavy atom. The Balaban J connectivity index is 2.25. The molecule has 1 N–H and O–H groups in total. The number of benzene rings is 1. The standard InChI is InChI=1S/C13H15BrN4/c1-9-6-10(14)4-5-11(9)17-12-7-13(18(2)3)16-8-15-12/h4-8H,1-3H3,(H,15,16,17). The van der Waals surface area contributed by atoms with Gasteiger partial charge in [-0.15, -0.1) is 0 Å². The molecule has 2 rings (SSSR count). The Morgan fingerprint density at radius 2 is 1.94 bits per heavy atom. The molecule has 0 aliphatic rings. The molecule has 18 heavy (non-hydrogen) atoms. The van der Waals surface area contributed by atoms with Gasteiger partial charge in [-0.2, -0.15) is 0 Å². The molecule has 5 heteroatoms. The second-order valence-electron chi connectivity index (χ2n) is 4.24. The van der Waals surface area contributed by atoms with Gasteiger partial charge in [-0.25, -0.2) is 9.97 Å². The number of hydrogen-bond donors (Lipinski definition) is 1. The van der Waals surface area contributed by atoms with Crippen LogP contribution in [0.15, 0.2) is 35.1 Å². The fourth-order valence-corrected chi connectivity index (χ4v) is 2.04. The molecule has 2 aromatic rings. The van der Waals surface area contributed by atoms with Gasteiger partial charge in [0.05, 0.1) is 0 Å². The van der Waals surface area contributed by atoms with E-state index in [-0.39, 0.29) is 0 Å². The maximum atomic E-state index is 4.22. The van der Waals surface area contributed by atoms with E-state index in [0.717, 1.165) is 27.4 Å². The average Bonchev–Trinajstić information content (AvgIpc) is 2.33. The number of hydrogen-bond acceptors (Lipinski definition) is 4. The zero-order chi connectivity index (χ0) is 13.1. The van der Waals surface area contributed by atoms with Gasteiger partial charge >= 0.3 is 0 Å². The van der Waals surface area contributed by atoms with Crippen LogP contribution in [0.3, 0.4) is 0 Å². The lowest BCUT2D eigenvalue weighted by Crippen LogP contribution is -2.11. The summed E-state index contributed by atoms with van der Waals surface area (Å²) in [5.74, 6) is 1.67. The van der Waals surface area contributed by atoms with Crippen molar-refractivity contribution in [3.8, 4) is 0 Å². The minimum atomic E-state index is 0.791. The lowest BCUT2D eigenvalue weighted by molar-refractivity contribution is 1.04. The average molecular weight is 307 g/mol. The molecule has 0 fully saturated rings. The first-order valence-electron chi connectivity index (χ1n) is 5.59. The topological polar surface area (TPSA) is 41.0 Å². The molecule has 1 aromatic heterocycles. The molecule has 0 radical (unpaired) electrons. The zero-order valence-electron chi connectivity index (χ0n) is 10.6. The first kappa shape index (κ1) is 12.8. The minimum Gasteiger partial charge on any atom is -0.363 e. The molecular weight excluding hydrogens is 292 g/mol. The molecule has 4 nitrogen and oxygen atoms in total. The summed E-state index contributed by atoms with van der Waals surface area (Å²) < 4.78 is 1.07. The molecule has 0 unspecified atom stereocenters. The first-order chi connectivity index (χ1) is 8.56. The van der Waals surface area contributed by atoms with Crippen molar-refractivity contribution in [2.45, 2.75) is 6.92 Å². The van der Waals surface area contributed by atoms with Gasteiger partial charge in [0.1, 0.15) is 18.0 Å². The Hall–Kier alpha value is -1.62. The normalized spacial score (nSPS) is 10.2. The van der Waals surface area contributed by atoms with Gasteiger partial charge in [-0.1, -0.05) is 15.9 Å². The van der Waals surface area contributed by atoms with Gasteiger partial charge in [0.2, 0.25) is 0 Å². The summed E-state index contributed by atoms with van der Waals surface area (Å²) in [5, 5.41) is 3.30. The predicted octanol–water partition coefficient (Wildman–Crippen LogP) is 3.36. The number of nitrogens with zero attached hydrogens (tertiary/aromatic N) is 3. The fraction of sp³-hybridized carbons (Fsp3) is 0.231. The summed E-state index contributed by atoms with van der Waals surface area (Å²) in [4.78, 5) is 10.4. The van der Waals surface area contributed by atoms with Crippen LogP contribution in [-0.4, -0.2) is 24.1 Å². The van der Waals surface area contributed by atoms with E-state index in [1.165, 1.54) is 0 Å². The second-order valence-corrected chi connectivity index (χ2v) is 5.16. The number of halogens is 1. The smallest absolute Gasteiger partial charge is 0.135 e. The van der Waals surface area contributed by atoms with Crippen LogP contribution in [0.5, 0.6) is 0 Å². The van der Waals surface area contributed by atoms with Crippen LogP contribution in [0.1, 0.15) is 5.56 Å². The lowest BCUT2D eigenvalue weighted by atomic mass is 10.2. The Bertz CT molecular complexity index is 554. The number of aromatic nitrogens is 2. The van der Waals surface area contributed by atoms with Crippen molar-refractivity contribution in [1.29, 1.82) is 0 Å². The highest BCUT2D eigenvalue weighted by atomic mass is 79.9. The van der Waals surface area contributed by atoms with Crippen molar-refractivity contribution in [2.75, 3.05) is 24.3 Å². The molecule has 1 aromatic carbocycles. The number of aryl methyl sites for hydroxylation is 1. The molecule has 0 amide bonds. The van der Waals surface area contributed by atoms with Crippen LogP contribution in [0.25, 0.3) is 0 Å². The third-order valence-electron chi connectivity index (χ3n) is 2.56. The molecule has 1 heterocycles. The van der Waals surface area contributed by atoms with Crippen molar-refractivity contribution in [2.24, 2.45) is 0 Å². The van der Waals surface area contributed by atoms with Crippen LogP contribution in [-0.2, 0) is 0 Å². The Labute approximate surface area is 115 Å². The predicted molar refractivity (Wildman–Crippen MR) is 78.5 cm³/mol. The van der Waals surface area contributed by atoms with Gasteiger partial charge in [0, 0.05) is 30.3 Å². The van der Waals surface area contributed by atoms with E-state index in [9.17, 15) is 0 Å². The van der Waals surface area contributed by atoms with E-state index in [0.29, 0.717) is 0 Å². The second kappa shape index (κ2) is 5.35. The quantitative estimate of drug-likeness (QED) is 0.944. The summed E-state index contributed by atoms with van der Waals surface area (Å²) in [6, 6.07) is 8.01. The molecule has 0 atom stereocenters. The molecule has 0 saturated heterocycles. The van der Waals surface area contributed by atoms with E-state index in [4.69, 9.17) is 0 Å². The highest BCUT2D eigenvalue weighted by molar-refractivity contribution is 9.10. The van der Waals surface area contributed by atoms with E-state index in [1.54, 1.807) is 6.33 Å². The maximum absolute atomic E-state index is 4.22. The lowest BCUT2D eigenvalue weighted by Gasteiger charge is -2.13. The summed E-state index contributed by atoms with van der Waals surface area (Å²) in [6.45, 7) is 2.06. The molecule has 0 aliphatic heterocycles. The van der Waals surface area contributed by atoms with Gasteiger partial charge in [-0.05, 0) is 30.7 Å². The van der Waals surface area contributed by atoms with Gasteiger partial charge in [0.25, 0.3) is 0 Å². The van der Waals surface area contributed by atoms with Crippen molar-refractivity contribution in [1.82, 2.24) is 9.97 Å². The van der Waals surface area contributed by atoms with Gasteiger partial charge in [0.15, 0.2) is 0 Å². The molecule has 0 bridgehead atoms. The van der Waals surface area contributed by atoms with E-state index >= 15 is 0 Å². The van der Waals surface area contributed by atoms with Crippen LogP contribution >= 0.6 is 15.9 Å². The summed E-state index contributed by atoms with van der Waals surface area (Å²) in [7, 11) is 3.91. The van der Waals surface area contributed by atoms with Gasteiger partial charge in [-0.3, -0.25) is 0 Å². The third kappa shape index (κ3) is 2.98. The van der Waals surface area contributed by atoms with Crippen LogP contribution < -0.4 is 10.2 Å². The summed E-state index contributed by atoms with van der Waals surface area (Å²) in [5.41, 5.74) is 2.20. The monoisotopic (exact) mass is 306 g/mol. The molecule has 94 valence electrons. The molecule has 0 aliphatic carbocycles. The van der Waals surface area contributed by atoms with Crippen LogP contribution in [0.2, 0.25) is 0 Å². The molecule has 0 spiro atoms. The van der Waals surface area contributed by atoms with Gasteiger partial charge < -0.3 is 10.2 Å². The zero-order valence-corrected chi connectivity index (χ0v) is 12.2. The van der Waals surface area contributed by atoms with Crippen LogP contribution in [0, 0.1) is 6.92 Å². The Morgan fingerprint density at radius 3 is 2.61 bits per heavy atom. The van der Waals surface area contributed by atoms with Crippen molar-refractivity contribution < 1.29 is 0 Å². The highest BCUT2D eigenvalue weighted by Crippen LogP contribution is 2.23. The van der Waals surface area contributed by atoms with E-state index < -0.39 is 0 Å². The van der Waals surface area contributed by atoms with Crippen molar-refractivity contribution >= 4 is 33.3 Å². The largest absolute Gasteiger partial charge is 0.363 e. The van der Waals surface area contributed by atoms with Crippen molar-refractivity contribution in [3.05, 3.63) is 40.6 Å². The van der Waals surface area contributed by atoms with Crippen molar-refractivity contribution in [3.63, 3.8) is 0 Å². The first-order valence-corrected chi connectivity index (χ1v) is 6.38. The van der Waals surface area contributed by atoms with E-state index in [2.05, 4.69) is 44.2 Å². The van der Waals surface area contributed by atoms with Crippen LogP contribution in [0.4, 0.5) is 17.3 Å². The Kier molecular flexibility index (Phi) is 3.81. The number of rotatable bonds is 3. The highest BCUT2D eigenvalue weighted by Gasteiger charge is 2.03. The SMILES string of the molecule is Cc1cc(Br)ccc1Nc1cc(N(C)C)ncn1.